The summed E-state index contributed by atoms with van der Waals surface area (Å²) in [4.78, 5) is 8.92. The Kier molecular flexibility index (Phi) is 4.39. The Labute approximate surface area is 133 Å². The van der Waals surface area contributed by atoms with Crippen LogP contribution in [0, 0.1) is 0 Å². The first kappa shape index (κ1) is 14.3. The zero-order valence-electron chi connectivity index (χ0n) is 11.6. The van der Waals surface area contributed by atoms with E-state index < -0.39 is 0 Å². The Morgan fingerprint density at radius 2 is 2.24 bits per heavy atom. The molecule has 0 aliphatic carbocycles. The Morgan fingerprint density at radius 3 is 3.00 bits per heavy atom. The Bertz CT molecular complexity index is 706. The maximum Gasteiger partial charge on any atom is 0.147 e. The van der Waals surface area contributed by atoms with E-state index in [0.717, 1.165) is 28.0 Å². The molecule has 0 bridgehead atoms. The maximum absolute atomic E-state index is 6.02. The maximum atomic E-state index is 6.02. The van der Waals surface area contributed by atoms with Gasteiger partial charge in [0.1, 0.15) is 5.82 Å². The molecule has 0 radical (unpaired) electrons. The van der Waals surface area contributed by atoms with Gasteiger partial charge in [-0.2, -0.15) is 0 Å². The lowest BCUT2D eigenvalue weighted by Gasteiger charge is -2.13. The molecule has 3 nitrogen and oxygen atoms in total. The van der Waals surface area contributed by atoms with Crippen LogP contribution in [0.1, 0.15) is 24.2 Å². The number of imidazole rings is 1. The van der Waals surface area contributed by atoms with Gasteiger partial charge >= 0.3 is 0 Å². The number of aromatic amines is 1. The summed E-state index contributed by atoms with van der Waals surface area (Å²) in [6.45, 7) is 2.87. The third kappa shape index (κ3) is 3.53. The fraction of sp³-hybridized carbons (Fsp3) is 0.188. The molecule has 3 rings (SSSR count). The number of aromatic nitrogens is 2. The minimum absolute atomic E-state index is 0.234. The number of rotatable bonds is 5. The summed E-state index contributed by atoms with van der Waals surface area (Å²) in [6.07, 6.45) is 1.88. The molecule has 0 saturated carbocycles. The first-order chi connectivity index (χ1) is 10.2. The molecule has 3 aromatic rings. The average Bonchev–Trinajstić information content (AvgIpc) is 3.15. The number of benzene rings is 1. The van der Waals surface area contributed by atoms with E-state index in [1.54, 1.807) is 11.3 Å². The molecule has 2 heterocycles. The number of nitrogens with zero attached hydrogens (tertiary/aromatic N) is 1. The summed E-state index contributed by atoms with van der Waals surface area (Å²) in [6, 6.07) is 12.3. The highest BCUT2D eigenvalue weighted by atomic mass is 35.5. The normalized spacial score (nSPS) is 12.5. The summed E-state index contributed by atoms with van der Waals surface area (Å²) < 4.78 is 0. The van der Waals surface area contributed by atoms with Crippen molar-refractivity contribution >= 4 is 22.9 Å². The summed E-state index contributed by atoms with van der Waals surface area (Å²) in [7, 11) is 0. The molecule has 0 amide bonds. The zero-order valence-corrected chi connectivity index (χ0v) is 13.2. The van der Waals surface area contributed by atoms with E-state index in [1.165, 1.54) is 5.56 Å². The van der Waals surface area contributed by atoms with Crippen molar-refractivity contribution in [2.24, 2.45) is 0 Å². The predicted molar refractivity (Wildman–Crippen MR) is 88.6 cm³/mol. The molecular formula is C16H16ClN3S. The Morgan fingerprint density at radius 1 is 1.33 bits per heavy atom. The first-order valence-electron chi connectivity index (χ1n) is 6.79. The van der Waals surface area contributed by atoms with Crippen LogP contribution in [0.3, 0.4) is 0 Å². The minimum Gasteiger partial charge on any atom is -0.340 e. The third-order valence-corrected chi connectivity index (χ3v) is 4.44. The molecule has 1 unspecified atom stereocenters. The van der Waals surface area contributed by atoms with E-state index in [0.29, 0.717) is 0 Å². The van der Waals surface area contributed by atoms with E-state index in [1.807, 2.05) is 30.5 Å². The Hall–Kier alpha value is -1.62. The van der Waals surface area contributed by atoms with Crippen molar-refractivity contribution in [2.45, 2.75) is 19.5 Å². The summed E-state index contributed by atoms with van der Waals surface area (Å²) in [5.74, 6) is 0.928. The summed E-state index contributed by atoms with van der Waals surface area (Å²) in [5.41, 5.74) is 2.26. The summed E-state index contributed by atoms with van der Waals surface area (Å²) >= 11 is 7.71. The number of halogens is 1. The van der Waals surface area contributed by atoms with Crippen LogP contribution < -0.4 is 5.32 Å². The fourth-order valence-electron chi connectivity index (χ4n) is 2.14. The zero-order chi connectivity index (χ0) is 14.7. The molecule has 0 aliphatic rings. The lowest BCUT2D eigenvalue weighted by molar-refractivity contribution is 0.569. The molecule has 2 N–H and O–H groups in total. The smallest absolute Gasteiger partial charge is 0.147 e. The number of hydrogen-bond donors (Lipinski definition) is 2. The van der Waals surface area contributed by atoms with Gasteiger partial charge in [0.2, 0.25) is 0 Å². The van der Waals surface area contributed by atoms with Crippen LogP contribution >= 0.6 is 22.9 Å². The summed E-state index contributed by atoms with van der Waals surface area (Å²) in [5, 5.41) is 6.29. The van der Waals surface area contributed by atoms with Gasteiger partial charge in [0.05, 0.1) is 4.88 Å². The van der Waals surface area contributed by atoms with E-state index >= 15 is 0 Å². The SMILES string of the molecule is CC(NCc1cnc(-c2cccs2)[nH]1)c1cccc(Cl)c1. The van der Waals surface area contributed by atoms with Crippen LogP contribution in [0.25, 0.3) is 10.7 Å². The molecule has 108 valence electrons. The van der Waals surface area contributed by atoms with Crippen molar-refractivity contribution in [2.75, 3.05) is 0 Å². The van der Waals surface area contributed by atoms with Gasteiger partial charge in [-0.25, -0.2) is 4.98 Å². The number of H-pyrrole nitrogens is 1. The predicted octanol–water partition coefficient (Wildman–Crippen LogP) is 4.64. The molecule has 5 heteroatoms. The van der Waals surface area contributed by atoms with Crippen molar-refractivity contribution in [1.29, 1.82) is 0 Å². The van der Waals surface area contributed by atoms with E-state index in [9.17, 15) is 0 Å². The van der Waals surface area contributed by atoms with Gasteiger partial charge in [0.15, 0.2) is 0 Å². The van der Waals surface area contributed by atoms with Gasteiger partial charge in [-0.15, -0.1) is 11.3 Å². The van der Waals surface area contributed by atoms with Gasteiger partial charge < -0.3 is 10.3 Å². The second-order valence-electron chi connectivity index (χ2n) is 4.89. The molecular weight excluding hydrogens is 302 g/mol. The first-order valence-corrected chi connectivity index (χ1v) is 8.05. The quantitative estimate of drug-likeness (QED) is 0.719. The second kappa shape index (κ2) is 6.43. The van der Waals surface area contributed by atoms with E-state index in [-0.39, 0.29) is 6.04 Å². The molecule has 0 fully saturated rings. The molecule has 1 aromatic carbocycles. The highest BCUT2D eigenvalue weighted by Crippen LogP contribution is 2.22. The lowest BCUT2D eigenvalue weighted by Crippen LogP contribution is -2.18. The second-order valence-corrected chi connectivity index (χ2v) is 6.28. The van der Waals surface area contributed by atoms with Gasteiger partial charge in [0.25, 0.3) is 0 Å². The monoisotopic (exact) mass is 317 g/mol. The average molecular weight is 318 g/mol. The van der Waals surface area contributed by atoms with Gasteiger partial charge in [-0.3, -0.25) is 0 Å². The van der Waals surface area contributed by atoms with Crippen LogP contribution in [0.4, 0.5) is 0 Å². The van der Waals surface area contributed by atoms with Gasteiger partial charge in [-0.1, -0.05) is 29.8 Å². The van der Waals surface area contributed by atoms with Gasteiger partial charge in [-0.05, 0) is 36.1 Å². The topological polar surface area (TPSA) is 40.7 Å². The highest BCUT2D eigenvalue weighted by molar-refractivity contribution is 7.13. The van der Waals surface area contributed by atoms with Crippen molar-refractivity contribution in [1.82, 2.24) is 15.3 Å². The third-order valence-electron chi connectivity index (χ3n) is 3.33. The van der Waals surface area contributed by atoms with Crippen LogP contribution in [-0.2, 0) is 6.54 Å². The lowest BCUT2D eigenvalue weighted by atomic mass is 10.1. The van der Waals surface area contributed by atoms with Crippen molar-refractivity contribution in [3.63, 3.8) is 0 Å². The van der Waals surface area contributed by atoms with E-state index in [2.05, 4.69) is 39.7 Å². The fourth-order valence-corrected chi connectivity index (χ4v) is 3.02. The van der Waals surface area contributed by atoms with Crippen molar-refractivity contribution in [3.8, 4) is 10.7 Å². The molecule has 0 saturated heterocycles. The van der Waals surface area contributed by atoms with Crippen molar-refractivity contribution in [3.05, 3.63) is 64.3 Å². The largest absolute Gasteiger partial charge is 0.340 e. The number of nitrogens with one attached hydrogen (secondary N) is 2. The molecule has 0 aliphatic heterocycles. The molecule has 21 heavy (non-hydrogen) atoms. The van der Waals surface area contributed by atoms with Crippen LogP contribution in [-0.4, -0.2) is 9.97 Å². The highest BCUT2D eigenvalue weighted by Gasteiger charge is 2.08. The minimum atomic E-state index is 0.234. The van der Waals surface area contributed by atoms with E-state index in [4.69, 9.17) is 11.6 Å². The number of hydrogen-bond acceptors (Lipinski definition) is 3. The van der Waals surface area contributed by atoms with Crippen LogP contribution in [0.5, 0.6) is 0 Å². The number of thiophene rings is 1. The molecule has 2 aromatic heterocycles. The van der Waals surface area contributed by atoms with Crippen LogP contribution in [0.15, 0.2) is 48.0 Å². The van der Waals surface area contributed by atoms with Crippen molar-refractivity contribution < 1.29 is 0 Å². The van der Waals surface area contributed by atoms with Gasteiger partial charge in [0, 0.05) is 29.5 Å². The molecule has 1 atom stereocenters. The Balaban J connectivity index is 1.63. The van der Waals surface area contributed by atoms with Crippen LogP contribution in [0.2, 0.25) is 5.02 Å². The molecule has 0 spiro atoms. The standard InChI is InChI=1S/C16H16ClN3S/c1-11(12-4-2-5-13(17)8-12)18-9-14-10-19-16(20-14)15-6-3-7-21-15/h2-8,10-11,18H,9H2,1H3,(H,19,20).